The van der Waals surface area contributed by atoms with E-state index in [0.717, 1.165) is 24.3 Å². The van der Waals surface area contributed by atoms with E-state index in [-0.39, 0.29) is 0 Å². The minimum absolute atomic E-state index is 0.629. The van der Waals surface area contributed by atoms with Gasteiger partial charge < -0.3 is 9.47 Å². The second-order valence-corrected chi connectivity index (χ2v) is 5.35. The Kier molecular flexibility index (Phi) is 3.64. The third-order valence-electron chi connectivity index (χ3n) is 4.19. The van der Waals surface area contributed by atoms with E-state index in [4.69, 9.17) is 9.47 Å². The number of fused-ring (bicyclic) bond motifs is 1. The molecule has 2 aromatic rings. The monoisotopic (exact) mass is 268 g/mol. The number of ether oxygens (including phenoxy) is 2. The van der Waals surface area contributed by atoms with Crippen LogP contribution in [-0.2, 0) is 12.8 Å². The van der Waals surface area contributed by atoms with Crippen molar-refractivity contribution in [3.8, 4) is 11.5 Å². The molecule has 2 aromatic carbocycles. The molecule has 1 unspecified atom stereocenters. The van der Waals surface area contributed by atoms with Gasteiger partial charge in [-0.05, 0) is 66.1 Å². The number of methoxy groups -OCH3 is 2. The van der Waals surface area contributed by atoms with Crippen LogP contribution in [0.1, 0.15) is 29.0 Å². The predicted molar refractivity (Wildman–Crippen MR) is 80.8 cm³/mol. The van der Waals surface area contributed by atoms with Gasteiger partial charge >= 0.3 is 0 Å². The highest BCUT2D eigenvalue weighted by molar-refractivity contribution is 5.42. The fourth-order valence-electron chi connectivity index (χ4n) is 3.07. The second kappa shape index (κ2) is 5.58. The van der Waals surface area contributed by atoms with Crippen LogP contribution in [0.3, 0.4) is 0 Å². The van der Waals surface area contributed by atoms with Crippen LogP contribution in [0.2, 0.25) is 0 Å². The molecule has 0 saturated carbocycles. The Morgan fingerprint density at radius 3 is 2.35 bits per heavy atom. The fourth-order valence-corrected chi connectivity index (χ4v) is 3.07. The summed E-state index contributed by atoms with van der Waals surface area (Å²) in [4.78, 5) is 0. The highest BCUT2D eigenvalue weighted by Gasteiger charge is 2.22. The maximum absolute atomic E-state index is 5.30. The minimum Gasteiger partial charge on any atom is -0.497 e. The molecule has 1 aliphatic carbocycles. The molecule has 3 rings (SSSR count). The van der Waals surface area contributed by atoms with E-state index in [1.807, 2.05) is 12.1 Å². The molecule has 0 saturated heterocycles. The first kappa shape index (κ1) is 13.0. The summed E-state index contributed by atoms with van der Waals surface area (Å²) in [6, 6.07) is 14.9. The first-order valence-electron chi connectivity index (χ1n) is 7.10. The zero-order chi connectivity index (χ0) is 13.9. The summed E-state index contributed by atoms with van der Waals surface area (Å²) in [5, 5.41) is 0. The third kappa shape index (κ3) is 2.51. The maximum atomic E-state index is 5.30. The van der Waals surface area contributed by atoms with E-state index >= 15 is 0 Å². The van der Waals surface area contributed by atoms with E-state index in [2.05, 4.69) is 30.3 Å². The molecule has 0 aliphatic heterocycles. The average Bonchev–Trinajstić information content (AvgIpc) is 2.90. The highest BCUT2D eigenvalue weighted by atomic mass is 16.5. The Morgan fingerprint density at radius 2 is 1.65 bits per heavy atom. The molecule has 2 heteroatoms. The molecule has 0 aromatic heterocycles. The topological polar surface area (TPSA) is 18.5 Å². The summed E-state index contributed by atoms with van der Waals surface area (Å²) >= 11 is 0. The Balaban J connectivity index is 1.77. The first-order valence-corrected chi connectivity index (χ1v) is 7.10. The van der Waals surface area contributed by atoms with Crippen molar-refractivity contribution in [1.82, 2.24) is 0 Å². The van der Waals surface area contributed by atoms with Crippen molar-refractivity contribution in [1.29, 1.82) is 0 Å². The molecular weight excluding hydrogens is 248 g/mol. The molecule has 1 aliphatic rings. The van der Waals surface area contributed by atoms with Crippen LogP contribution in [0.25, 0.3) is 0 Å². The van der Waals surface area contributed by atoms with Crippen molar-refractivity contribution in [2.75, 3.05) is 14.2 Å². The predicted octanol–water partition coefficient (Wildman–Crippen LogP) is 3.98. The van der Waals surface area contributed by atoms with Gasteiger partial charge in [0.25, 0.3) is 0 Å². The Labute approximate surface area is 120 Å². The summed E-state index contributed by atoms with van der Waals surface area (Å²) in [5.74, 6) is 2.52. The summed E-state index contributed by atoms with van der Waals surface area (Å²) in [6.45, 7) is 0. The number of hydrogen-bond acceptors (Lipinski definition) is 2. The van der Waals surface area contributed by atoms with Crippen molar-refractivity contribution in [2.45, 2.75) is 25.2 Å². The number of rotatable bonds is 4. The molecule has 0 bridgehead atoms. The normalized spacial score (nSPS) is 16.8. The van der Waals surface area contributed by atoms with E-state index < -0.39 is 0 Å². The summed E-state index contributed by atoms with van der Waals surface area (Å²) in [6.07, 6.45) is 3.49. The largest absolute Gasteiger partial charge is 0.497 e. The maximum Gasteiger partial charge on any atom is 0.119 e. The highest BCUT2D eigenvalue weighted by Crippen LogP contribution is 2.37. The van der Waals surface area contributed by atoms with Gasteiger partial charge in [0.2, 0.25) is 0 Å². The zero-order valence-corrected chi connectivity index (χ0v) is 12.1. The number of hydrogen-bond donors (Lipinski definition) is 0. The lowest BCUT2D eigenvalue weighted by Crippen LogP contribution is -1.99. The molecule has 0 N–H and O–H groups in total. The van der Waals surface area contributed by atoms with Crippen LogP contribution >= 0.6 is 0 Å². The van der Waals surface area contributed by atoms with E-state index in [1.165, 1.54) is 23.1 Å². The van der Waals surface area contributed by atoms with Crippen LogP contribution in [-0.4, -0.2) is 14.2 Å². The third-order valence-corrected chi connectivity index (χ3v) is 4.19. The Hall–Kier alpha value is -1.96. The van der Waals surface area contributed by atoms with Crippen LogP contribution < -0.4 is 9.47 Å². The molecule has 0 radical (unpaired) electrons. The molecule has 0 fully saturated rings. The lowest BCUT2D eigenvalue weighted by molar-refractivity contribution is 0.414. The van der Waals surface area contributed by atoms with Crippen LogP contribution in [0, 0.1) is 0 Å². The Bertz CT molecular complexity index is 587. The lowest BCUT2D eigenvalue weighted by atomic mass is 9.93. The molecule has 0 amide bonds. The van der Waals surface area contributed by atoms with Gasteiger partial charge in [-0.3, -0.25) is 0 Å². The Morgan fingerprint density at radius 1 is 0.950 bits per heavy atom. The molecule has 2 nitrogen and oxygen atoms in total. The van der Waals surface area contributed by atoms with Crippen molar-refractivity contribution < 1.29 is 9.47 Å². The summed E-state index contributed by atoms with van der Waals surface area (Å²) in [7, 11) is 3.43. The average molecular weight is 268 g/mol. The van der Waals surface area contributed by atoms with E-state index in [0.29, 0.717) is 5.92 Å². The molecule has 20 heavy (non-hydrogen) atoms. The summed E-state index contributed by atoms with van der Waals surface area (Å²) in [5.41, 5.74) is 4.31. The van der Waals surface area contributed by atoms with E-state index in [1.54, 1.807) is 14.2 Å². The van der Waals surface area contributed by atoms with Gasteiger partial charge in [-0.15, -0.1) is 0 Å². The van der Waals surface area contributed by atoms with Crippen LogP contribution in [0.4, 0.5) is 0 Å². The fraction of sp³-hybridized carbons (Fsp3) is 0.333. The van der Waals surface area contributed by atoms with Crippen molar-refractivity contribution in [3.05, 3.63) is 59.2 Å². The van der Waals surface area contributed by atoms with Crippen molar-refractivity contribution in [3.63, 3.8) is 0 Å². The minimum atomic E-state index is 0.629. The van der Waals surface area contributed by atoms with Gasteiger partial charge in [0.05, 0.1) is 14.2 Å². The molecule has 1 atom stereocenters. The first-order chi connectivity index (χ1) is 9.80. The van der Waals surface area contributed by atoms with E-state index in [9.17, 15) is 0 Å². The van der Waals surface area contributed by atoms with Crippen molar-refractivity contribution >= 4 is 0 Å². The molecule has 0 heterocycles. The zero-order valence-electron chi connectivity index (χ0n) is 12.1. The SMILES string of the molecule is COc1ccc(CC2CCc3cc(OC)ccc32)cc1. The summed E-state index contributed by atoms with van der Waals surface area (Å²) < 4.78 is 10.5. The number of benzene rings is 2. The number of aryl methyl sites for hydroxylation is 1. The van der Waals surface area contributed by atoms with Crippen LogP contribution in [0.15, 0.2) is 42.5 Å². The van der Waals surface area contributed by atoms with Gasteiger partial charge in [0, 0.05) is 0 Å². The van der Waals surface area contributed by atoms with Gasteiger partial charge in [0.1, 0.15) is 11.5 Å². The second-order valence-electron chi connectivity index (χ2n) is 5.35. The van der Waals surface area contributed by atoms with Crippen molar-refractivity contribution in [2.24, 2.45) is 0 Å². The molecular formula is C18H20O2. The quantitative estimate of drug-likeness (QED) is 0.835. The lowest BCUT2D eigenvalue weighted by Gasteiger charge is -2.12. The molecule has 104 valence electrons. The van der Waals surface area contributed by atoms with Gasteiger partial charge in [-0.2, -0.15) is 0 Å². The molecule has 0 spiro atoms. The van der Waals surface area contributed by atoms with Gasteiger partial charge in [-0.25, -0.2) is 0 Å². The standard InChI is InChI=1S/C18H20O2/c1-19-16-7-3-13(4-8-16)11-14-5-6-15-12-17(20-2)9-10-18(14)15/h3-4,7-10,12,14H,5-6,11H2,1-2H3. The van der Waals surface area contributed by atoms with Crippen LogP contribution in [0.5, 0.6) is 11.5 Å². The van der Waals surface area contributed by atoms with Gasteiger partial charge in [0.15, 0.2) is 0 Å². The smallest absolute Gasteiger partial charge is 0.119 e. The van der Waals surface area contributed by atoms with Gasteiger partial charge in [-0.1, -0.05) is 18.2 Å².